The summed E-state index contributed by atoms with van der Waals surface area (Å²) < 4.78 is 18.4. The van der Waals surface area contributed by atoms with Crippen LogP contribution in [0.2, 0.25) is 0 Å². The van der Waals surface area contributed by atoms with Gasteiger partial charge >= 0.3 is 0 Å². The van der Waals surface area contributed by atoms with Crippen LogP contribution < -0.4 is 19.6 Å². The summed E-state index contributed by atoms with van der Waals surface area (Å²) in [4.78, 5) is 12.2. The van der Waals surface area contributed by atoms with Gasteiger partial charge in [0.1, 0.15) is 12.4 Å². The number of hydrogen-bond donors (Lipinski definition) is 1. The number of methoxy groups -OCH3 is 2. The van der Waals surface area contributed by atoms with E-state index in [4.69, 9.17) is 14.2 Å². The van der Waals surface area contributed by atoms with Crippen LogP contribution in [-0.4, -0.2) is 26.3 Å². The van der Waals surface area contributed by atoms with Crippen LogP contribution in [0.3, 0.4) is 0 Å². The predicted molar refractivity (Wildman–Crippen MR) is 142 cm³/mol. The van der Waals surface area contributed by atoms with Crippen molar-refractivity contribution in [1.82, 2.24) is 5.43 Å². The molecule has 166 valence electrons. The highest BCUT2D eigenvalue weighted by Gasteiger charge is 2.10. The van der Waals surface area contributed by atoms with Crippen molar-refractivity contribution in [1.29, 1.82) is 0 Å². The SMILES string of the molecule is COc1ccc(CC(=O)N/N=C/c2cc(I)c(OCc3ccccc3)c(I)c2)cc1OC. The number of nitrogens with zero attached hydrogens (tertiary/aromatic N) is 1. The molecular formula is C24H22I2N2O4. The fraction of sp³-hybridized carbons (Fsp3) is 0.167. The average Bonchev–Trinajstić information content (AvgIpc) is 2.79. The highest BCUT2D eigenvalue weighted by atomic mass is 127. The van der Waals surface area contributed by atoms with Gasteiger partial charge in [-0.15, -0.1) is 0 Å². The van der Waals surface area contributed by atoms with Gasteiger partial charge in [0.2, 0.25) is 5.91 Å². The van der Waals surface area contributed by atoms with Crippen molar-refractivity contribution in [2.75, 3.05) is 14.2 Å². The summed E-state index contributed by atoms with van der Waals surface area (Å²) in [5.74, 6) is 1.82. The summed E-state index contributed by atoms with van der Waals surface area (Å²) in [6.07, 6.45) is 1.80. The fourth-order valence-corrected chi connectivity index (χ4v) is 5.04. The summed E-state index contributed by atoms with van der Waals surface area (Å²) in [6.45, 7) is 0.506. The molecule has 3 rings (SSSR count). The third kappa shape index (κ3) is 6.83. The molecule has 1 N–H and O–H groups in total. The molecule has 0 aliphatic carbocycles. The Labute approximate surface area is 214 Å². The number of ether oxygens (including phenoxy) is 3. The van der Waals surface area contributed by atoms with Crippen LogP contribution in [0.4, 0.5) is 0 Å². The second-order valence-electron chi connectivity index (χ2n) is 6.75. The lowest BCUT2D eigenvalue weighted by atomic mass is 10.1. The van der Waals surface area contributed by atoms with Gasteiger partial charge in [-0.25, -0.2) is 5.43 Å². The van der Waals surface area contributed by atoms with Crippen molar-refractivity contribution in [3.63, 3.8) is 0 Å². The highest BCUT2D eigenvalue weighted by molar-refractivity contribution is 14.1. The Morgan fingerprint density at radius 2 is 1.62 bits per heavy atom. The Balaban J connectivity index is 1.58. The van der Waals surface area contributed by atoms with Crippen molar-refractivity contribution in [2.24, 2.45) is 5.10 Å². The molecule has 32 heavy (non-hydrogen) atoms. The highest BCUT2D eigenvalue weighted by Crippen LogP contribution is 2.29. The van der Waals surface area contributed by atoms with Crippen LogP contribution in [0.1, 0.15) is 16.7 Å². The number of benzene rings is 3. The first-order valence-electron chi connectivity index (χ1n) is 9.68. The maximum Gasteiger partial charge on any atom is 0.244 e. The van der Waals surface area contributed by atoms with Crippen molar-refractivity contribution in [2.45, 2.75) is 13.0 Å². The smallest absolute Gasteiger partial charge is 0.244 e. The van der Waals surface area contributed by atoms with Crippen LogP contribution in [0, 0.1) is 7.14 Å². The molecule has 0 aliphatic heterocycles. The lowest BCUT2D eigenvalue weighted by Crippen LogP contribution is -2.19. The Morgan fingerprint density at radius 1 is 0.938 bits per heavy atom. The minimum atomic E-state index is -0.222. The molecule has 0 bridgehead atoms. The molecule has 0 aliphatic rings. The third-order valence-electron chi connectivity index (χ3n) is 4.46. The largest absolute Gasteiger partial charge is 0.493 e. The van der Waals surface area contributed by atoms with Crippen molar-refractivity contribution in [3.8, 4) is 17.2 Å². The van der Waals surface area contributed by atoms with E-state index < -0.39 is 0 Å². The van der Waals surface area contributed by atoms with Crippen LogP contribution in [0.25, 0.3) is 0 Å². The Kier molecular flexibility index (Phi) is 9.15. The second-order valence-corrected chi connectivity index (χ2v) is 9.07. The van der Waals surface area contributed by atoms with Gasteiger partial charge in [0.25, 0.3) is 0 Å². The number of hydrazone groups is 1. The van der Waals surface area contributed by atoms with Gasteiger partial charge in [-0.1, -0.05) is 36.4 Å². The van der Waals surface area contributed by atoms with E-state index in [1.54, 1.807) is 32.6 Å². The fourth-order valence-electron chi connectivity index (χ4n) is 2.92. The van der Waals surface area contributed by atoms with Gasteiger partial charge in [-0.3, -0.25) is 4.79 Å². The number of rotatable bonds is 9. The normalized spacial score (nSPS) is 10.8. The molecule has 0 aromatic heterocycles. The number of nitrogens with one attached hydrogen (secondary N) is 1. The predicted octanol–water partition coefficient (Wildman–Crippen LogP) is 5.18. The molecule has 0 unspecified atom stereocenters. The lowest BCUT2D eigenvalue weighted by Gasteiger charge is -2.11. The van der Waals surface area contributed by atoms with Crippen molar-refractivity contribution in [3.05, 3.63) is 84.5 Å². The minimum absolute atomic E-state index is 0.180. The quantitative estimate of drug-likeness (QED) is 0.196. The number of amides is 1. The Hall–Kier alpha value is -2.34. The first-order valence-corrected chi connectivity index (χ1v) is 11.8. The maximum atomic E-state index is 12.2. The summed E-state index contributed by atoms with van der Waals surface area (Å²) in [5, 5.41) is 4.09. The molecule has 0 heterocycles. The zero-order valence-electron chi connectivity index (χ0n) is 17.6. The summed E-state index contributed by atoms with van der Waals surface area (Å²) in [6, 6.07) is 19.3. The van der Waals surface area contributed by atoms with E-state index in [1.807, 2.05) is 48.5 Å². The van der Waals surface area contributed by atoms with Gasteiger partial charge in [0.05, 0.1) is 34.0 Å². The summed E-state index contributed by atoms with van der Waals surface area (Å²) in [5.41, 5.74) is 5.36. The first kappa shape index (κ1) is 24.3. The molecule has 1 amide bonds. The monoisotopic (exact) mass is 656 g/mol. The Morgan fingerprint density at radius 3 is 2.28 bits per heavy atom. The first-order chi connectivity index (χ1) is 15.5. The van der Waals surface area contributed by atoms with E-state index >= 15 is 0 Å². The van der Waals surface area contributed by atoms with E-state index in [9.17, 15) is 4.79 Å². The van der Waals surface area contributed by atoms with Crippen LogP contribution >= 0.6 is 45.2 Å². The minimum Gasteiger partial charge on any atom is -0.493 e. The molecular weight excluding hydrogens is 634 g/mol. The van der Waals surface area contributed by atoms with E-state index in [1.165, 1.54) is 0 Å². The molecule has 3 aromatic rings. The van der Waals surface area contributed by atoms with Gasteiger partial charge in [-0.2, -0.15) is 5.10 Å². The molecule has 0 saturated carbocycles. The van der Waals surface area contributed by atoms with Gasteiger partial charge in [0, 0.05) is 0 Å². The second kappa shape index (κ2) is 12.0. The number of carbonyl (C=O) groups is 1. The van der Waals surface area contributed by atoms with Gasteiger partial charge in [-0.05, 0) is 86.1 Å². The van der Waals surface area contributed by atoms with Crippen LogP contribution in [0.5, 0.6) is 17.2 Å². The zero-order chi connectivity index (χ0) is 22.9. The van der Waals surface area contributed by atoms with Crippen LogP contribution in [-0.2, 0) is 17.8 Å². The number of carbonyl (C=O) groups excluding carboxylic acids is 1. The van der Waals surface area contributed by atoms with E-state index in [0.29, 0.717) is 18.1 Å². The van der Waals surface area contributed by atoms with Crippen LogP contribution in [0.15, 0.2) is 65.8 Å². The number of hydrogen-bond acceptors (Lipinski definition) is 5. The lowest BCUT2D eigenvalue weighted by molar-refractivity contribution is -0.120. The average molecular weight is 656 g/mol. The standard InChI is InChI=1S/C24H22I2N2O4/c1-30-21-9-8-17(12-22(21)31-2)13-23(29)28-27-14-18-10-19(25)24(20(26)11-18)32-15-16-6-4-3-5-7-16/h3-12,14H,13,15H2,1-2H3,(H,28,29)/b27-14+. The molecule has 0 saturated heterocycles. The van der Waals surface area contributed by atoms with Crippen molar-refractivity contribution < 1.29 is 19.0 Å². The zero-order valence-corrected chi connectivity index (χ0v) is 21.9. The molecule has 6 nitrogen and oxygen atoms in total. The summed E-state index contributed by atoms with van der Waals surface area (Å²) in [7, 11) is 3.13. The molecule has 8 heteroatoms. The summed E-state index contributed by atoms with van der Waals surface area (Å²) >= 11 is 4.49. The van der Waals surface area contributed by atoms with Gasteiger partial charge in [0.15, 0.2) is 11.5 Å². The number of halogens is 2. The van der Waals surface area contributed by atoms with E-state index in [0.717, 1.165) is 29.6 Å². The molecule has 0 atom stereocenters. The topological polar surface area (TPSA) is 69.2 Å². The third-order valence-corrected chi connectivity index (χ3v) is 6.06. The van der Waals surface area contributed by atoms with Gasteiger partial charge < -0.3 is 14.2 Å². The maximum absolute atomic E-state index is 12.2. The molecule has 0 fully saturated rings. The molecule has 0 spiro atoms. The van der Waals surface area contributed by atoms with E-state index in [-0.39, 0.29) is 12.3 Å². The van der Waals surface area contributed by atoms with Crippen molar-refractivity contribution >= 4 is 57.3 Å². The Bertz CT molecular complexity index is 1080. The molecule has 3 aromatic carbocycles. The van der Waals surface area contributed by atoms with E-state index in [2.05, 4.69) is 55.7 Å². The molecule has 0 radical (unpaired) electrons.